The number of carbonyl (C=O) groups excluding carboxylic acids is 1. The Labute approximate surface area is 125 Å². The molecule has 0 saturated heterocycles. The zero-order valence-electron chi connectivity index (χ0n) is 11.9. The highest BCUT2D eigenvalue weighted by molar-refractivity contribution is 5.92. The molecule has 0 atom stereocenters. The number of aromatic nitrogens is 1. The van der Waals surface area contributed by atoms with E-state index >= 15 is 0 Å². The van der Waals surface area contributed by atoms with Gasteiger partial charge in [0.05, 0.1) is 0 Å². The van der Waals surface area contributed by atoms with Crippen LogP contribution in [0.5, 0.6) is 5.75 Å². The van der Waals surface area contributed by atoms with Crippen molar-refractivity contribution in [1.82, 2.24) is 15.8 Å². The van der Waals surface area contributed by atoms with E-state index in [2.05, 4.69) is 15.8 Å². The van der Waals surface area contributed by atoms with Gasteiger partial charge in [0.25, 0.3) is 5.91 Å². The maximum absolute atomic E-state index is 13.4. The van der Waals surface area contributed by atoms with E-state index < -0.39 is 11.6 Å². The molecule has 2 rings (SSSR count). The molecule has 8 heteroatoms. The zero-order valence-corrected chi connectivity index (χ0v) is 11.9. The lowest BCUT2D eigenvalue weighted by molar-refractivity contribution is 0.0944. The first-order valence-corrected chi connectivity index (χ1v) is 6.56. The van der Waals surface area contributed by atoms with E-state index in [0.29, 0.717) is 13.1 Å². The van der Waals surface area contributed by atoms with Crippen LogP contribution in [0.4, 0.5) is 8.78 Å². The third-order valence-corrected chi connectivity index (χ3v) is 2.72. The molecule has 0 radical (unpaired) electrons. The average molecular weight is 311 g/mol. The van der Waals surface area contributed by atoms with Gasteiger partial charge in [-0.3, -0.25) is 4.79 Å². The Kier molecular flexibility index (Phi) is 5.42. The normalized spacial score (nSPS) is 10.5. The third-order valence-electron chi connectivity index (χ3n) is 2.72. The fraction of sp³-hybridized carbons (Fsp3) is 0.286. The number of nitrogens with zero attached hydrogens (tertiary/aromatic N) is 1. The van der Waals surface area contributed by atoms with Gasteiger partial charge >= 0.3 is 0 Å². The van der Waals surface area contributed by atoms with Crippen LogP contribution >= 0.6 is 0 Å². The smallest absolute Gasteiger partial charge is 0.273 e. The maximum Gasteiger partial charge on any atom is 0.273 e. The lowest BCUT2D eigenvalue weighted by Crippen LogP contribution is -2.30. The van der Waals surface area contributed by atoms with E-state index in [-0.39, 0.29) is 29.7 Å². The molecule has 1 amide bonds. The predicted molar refractivity (Wildman–Crippen MR) is 73.5 cm³/mol. The minimum atomic E-state index is -0.815. The number of carbonyl (C=O) groups is 1. The molecule has 118 valence electrons. The van der Waals surface area contributed by atoms with Crippen LogP contribution in [0.25, 0.3) is 0 Å². The molecule has 0 aliphatic heterocycles. The first-order chi connectivity index (χ1) is 10.6. The number of hydrogen-bond acceptors (Lipinski definition) is 5. The van der Waals surface area contributed by atoms with Gasteiger partial charge in [0.1, 0.15) is 12.4 Å². The molecule has 1 aromatic carbocycles. The Morgan fingerprint density at radius 3 is 2.86 bits per heavy atom. The highest BCUT2D eigenvalue weighted by Crippen LogP contribution is 2.19. The fourth-order valence-electron chi connectivity index (χ4n) is 1.62. The van der Waals surface area contributed by atoms with E-state index in [1.54, 1.807) is 7.05 Å². The fourth-order valence-corrected chi connectivity index (χ4v) is 1.62. The van der Waals surface area contributed by atoms with Crippen molar-refractivity contribution in [3.63, 3.8) is 0 Å². The maximum atomic E-state index is 13.4. The molecule has 0 aliphatic carbocycles. The summed E-state index contributed by atoms with van der Waals surface area (Å²) in [6, 6.07) is 4.37. The van der Waals surface area contributed by atoms with Crippen molar-refractivity contribution in [2.24, 2.45) is 0 Å². The van der Waals surface area contributed by atoms with Gasteiger partial charge in [-0.15, -0.1) is 0 Å². The molecule has 0 saturated carbocycles. The summed E-state index contributed by atoms with van der Waals surface area (Å²) in [5.41, 5.74) is 0.106. The number of likely N-dealkylation sites (N-methyl/N-ethyl adjacent to an activating group) is 1. The molecular weight excluding hydrogens is 296 g/mol. The molecule has 0 fully saturated rings. The summed E-state index contributed by atoms with van der Waals surface area (Å²) < 4.78 is 36.2. The first kappa shape index (κ1) is 15.9. The molecule has 1 aromatic heterocycles. The first-order valence-electron chi connectivity index (χ1n) is 6.56. The van der Waals surface area contributed by atoms with Gasteiger partial charge in [-0.1, -0.05) is 5.16 Å². The van der Waals surface area contributed by atoms with Crippen molar-refractivity contribution in [2.75, 3.05) is 20.1 Å². The van der Waals surface area contributed by atoms with E-state index in [1.807, 2.05) is 0 Å². The second-order valence-electron chi connectivity index (χ2n) is 4.40. The van der Waals surface area contributed by atoms with Gasteiger partial charge in [-0.05, 0) is 19.2 Å². The molecule has 0 unspecified atom stereocenters. The van der Waals surface area contributed by atoms with Crippen LogP contribution < -0.4 is 15.4 Å². The topological polar surface area (TPSA) is 76.4 Å². The van der Waals surface area contributed by atoms with Crippen molar-refractivity contribution in [2.45, 2.75) is 6.61 Å². The summed E-state index contributed by atoms with van der Waals surface area (Å²) in [7, 11) is 1.77. The van der Waals surface area contributed by atoms with Gasteiger partial charge in [-0.25, -0.2) is 8.78 Å². The van der Waals surface area contributed by atoms with E-state index in [9.17, 15) is 13.6 Å². The van der Waals surface area contributed by atoms with Crippen LogP contribution in [0, 0.1) is 11.6 Å². The van der Waals surface area contributed by atoms with Gasteiger partial charge in [0.2, 0.25) is 0 Å². The summed E-state index contributed by atoms with van der Waals surface area (Å²) in [6.45, 7) is 0.956. The lowest BCUT2D eigenvalue weighted by Gasteiger charge is -2.04. The summed E-state index contributed by atoms with van der Waals surface area (Å²) in [6.07, 6.45) is 0. The van der Waals surface area contributed by atoms with Crippen molar-refractivity contribution >= 4 is 5.91 Å². The molecule has 0 spiro atoms. The quantitative estimate of drug-likeness (QED) is 0.758. The number of benzene rings is 1. The van der Waals surface area contributed by atoms with Gasteiger partial charge in [0.15, 0.2) is 23.0 Å². The molecule has 2 aromatic rings. The number of ether oxygens (including phenoxy) is 1. The number of halogens is 2. The minimum absolute atomic E-state index is 0.106. The number of hydrogen-bond donors (Lipinski definition) is 2. The number of amides is 1. The van der Waals surface area contributed by atoms with Crippen LogP contribution in [0.15, 0.2) is 28.8 Å². The minimum Gasteiger partial charge on any atom is -0.482 e. The van der Waals surface area contributed by atoms with Crippen LogP contribution in [-0.4, -0.2) is 31.2 Å². The molecule has 6 nitrogen and oxygen atoms in total. The van der Waals surface area contributed by atoms with Crippen LogP contribution in [-0.2, 0) is 6.61 Å². The van der Waals surface area contributed by atoms with E-state index in [4.69, 9.17) is 9.26 Å². The average Bonchev–Trinajstić information content (AvgIpc) is 2.95. The highest BCUT2D eigenvalue weighted by atomic mass is 19.1. The third kappa shape index (κ3) is 4.26. The Morgan fingerprint density at radius 1 is 1.32 bits per heavy atom. The van der Waals surface area contributed by atoms with Crippen molar-refractivity contribution < 1.29 is 22.8 Å². The van der Waals surface area contributed by atoms with Crippen LogP contribution in [0.3, 0.4) is 0 Å². The van der Waals surface area contributed by atoms with Gasteiger partial charge < -0.3 is 19.9 Å². The molecule has 22 heavy (non-hydrogen) atoms. The summed E-state index contributed by atoms with van der Waals surface area (Å²) in [5, 5.41) is 9.13. The summed E-state index contributed by atoms with van der Waals surface area (Å²) in [4.78, 5) is 11.7. The Bertz CT molecular complexity index is 646. The highest BCUT2D eigenvalue weighted by Gasteiger charge is 2.13. The van der Waals surface area contributed by atoms with Crippen molar-refractivity contribution in [3.8, 4) is 5.75 Å². The molecular formula is C14H15F2N3O3. The molecule has 1 heterocycles. The standard InChI is InChI=1S/C14H15F2N3O3/c1-17-4-5-18-14(20)12-7-10(22-19-12)8-21-13-3-2-9(15)6-11(13)16/h2-3,6-7,17H,4-5,8H2,1H3,(H,18,20). The summed E-state index contributed by atoms with van der Waals surface area (Å²) in [5.74, 6) is -1.74. The van der Waals surface area contributed by atoms with Crippen LogP contribution in [0.2, 0.25) is 0 Å². The largest absolute Gasteiger partial charge is 0.482 e. The monoisotopic (exact) mass is 311 g/mol. The Balaban J connectivity index is 1.90. The van der Waals surface area contributed by atoms with E-state index in [1.165, 1.54) is 12.1 Å². The molecule has 2 N–H and O–H groups in total. The van der Waals surface area contributed by atoms with Crippen LogP contribution in [0.1, 0.15) is 16.2 Å². The Morgan fingerprint density at radius 2 is 2.14 bits per heavy atom. The predicted octanol–water partition coefficient (Wildman–Crippen LogP) is 1.48. The van der Waals surface area contributed by atoms with Gasteiger partial charge in [-0.2, -0.15) is 0 Å². The van der Waals surface area contributed by atoms with Crippen molar-refractivity contribution in [3.05, 3.63) is 47.4 Å². The van der Waals surface area contributed by atoms with E-state index in [0.717, 1.165) is 12.1 Å². The molecule has 0 bridgehead atoms. The van der Waals surface area contributed by atoms with Crippen molar-refractivity contribution in [1.29, 1.82) is 0 Å². The lowest BCUT2D eigenvalue weighted by atomic mass is 10.3. The summed E-state index contributed by atoms with van der Waals surface area (Å²) >= 11 is 0. The SMILES string of the molecule is CNCCNC(=O)c1cc(COc2ccc(F)cc2F)on1. The zero-order chi connectivity index (χ0) is 15.9. The Hall–Kier alpha value is -2.48. The number of nitrogens with one attached hydrogen (secondary N) is 2. The second kappa shape index (κ2) is 7.51. The van der Waals surface area contributed by atoms with Gasteiger partial charge in [0, 0.05) is 25.2 Å². The second-order valence-corrected chi connectivity index (χ2v) is 4.40. The molecule has 0 aliphatic rings. The number of rotatable bonds is 7.